The lowest BCUT2D eigenvalue weighted by molar-refractivity contribution is 1.07. The zero-order valence-electron chi connectivity index (χ0n) is 31.2. The van der Waals surface area contributed by atoms with Gasteiger partial charge in [0.2, 0.25) is 0 Å². The highest BCUT2D eigenvalue weighted by Crippen LogP contribution is 2.39. The van der Waals surface area contributed by atoms with Crippen LogP contribution in [0, 0.1) is 6.92 Å². The first kappa shape index (κ1) is 32.8. The Labute approximate surface area is 329 Å². The van der Waals surface area contributed by atoms with Crippen LogP contribution in [0.2, 0.25) is 0 Å². The van der Waals surface area contributed by atoms with E-state index in [0.717, 1.165) is 33.4 Å². The van der Waals surface area contributed by atoms with E-state index in [1.807, 2.05) is 60.7 Å². The second-order valence-electron chi connectivity index (χ2n) is 14.5. The van der Waals surface area contributed by atoms with Crippen LogP contribution >= 0.6 is 0 Å². The van der Waals surface area contributed by atoms with Gasteiger partial charge in [-0.15, -0.1) is 0 Å². The molecule has 0 amide bonds. The number of hydrogen-bond donors (Lipinski definition) is 0. The molecule has 0 N–H and O–H groups in total. The SMILES string of the molecule is Cc1ccccc1-n1c2ccccc2c2cc(-c3ccc4c(c3)c3ccccc3n4-c3cccc(-c4nc(-c5ccccc5)nc(-c5ccccc5)n4)c3)ccc21. The lowest BCUT2D eigenvalue weighted by Crippen LogP contribution is -2.01. The third-order valence-corrected chi connectivity index (χ3v) is 11.1. The largest absolute Gasteiger partial charge is 0.309 e. The van der Waals surface area contributed by atoms with Crippen molar-refractivity contribution in [3.05, 3.63) is 200 Å². The fraction of sp³-hybridized carbons (Fsp3) is 0.0192. The molecule has 11 aromatic rings. The van der Waals surface area contributed by atoms with Crippen molar-refractivity contribution in [1.29, 1.82) is 0 Å². The molecule has 0 aliphatic carbocycles. The quantitative estimate of drug-likeness (QED) is 0.171. The van der Waals surface area contributed by atoms with Crippen LogP contribution in [-0.2, 0) is 0 Å². The van der Waals surface area contributed by atoms with Crippen LogP contribution < -0.4 is 0 Å². The lowest BCUT2D eigenvalue weighted by atomic mass is 10.0. The predicted molar refractivity (Wildman–Crippen MR) is 235 cm³/mol. The van der Waals surface area contributed by atoms with Gasteiger partial charge in [-0.25, -0.2) is 15.0 Å². The number of para-hydroxylation sites is 3. The predicted octanol–water partition coefficient (Wildman–Crippen LogP) is 13.0. The van der Waals surface area contributed by atoms with Crippen molar-refractivity contribution in [2.45, 2.75) is 6.92 Å². The minimum atomic E-state index is 0.631. The van der Waals surface area contributed by atoms with Crippen molar-refractivity contribution in [2.75, 3.05) is 0 Å². The van der Waals surface area contributed by atoms with E-state index in [-0.39, 0.29) is 0 Å². The standard InChI is InChI=1S/C52H35N5/c1-34-15-8-11-24-45(34)57-47-26-13-10-23-42(47)44-33-38(28-30-49(44)57)37-27-29-48-43(32-37)41-22-9-12-25-46(41)56(48)40-21-14-20-39(31-40)52-54-50(35-16-4-2-5-17-35)53-51(55-52)36-18-6-3-7-19-36/h2-33H,1H3. The van der Waals surface area contributed by atoms with E-state index in [2.05, 4.69) is 150 Å². The molecule has 0 radical (unpaired) electrons. The summed E-state index contributed by atoms with van der Waals surface area (Å²) in [5.41, 5.74) is 13.4. The zero-order valence-corrected chi connectivity index (χ0v) is 31.2. The van der Waals surface area contributed by atoms with Crippen LogP contribution in [0.3, 0.4) is 0 Å². The first-order chi connectivity index (χ1) is 28.2. The molecule has 0 aliphatic heterocycles. The average Bonchev–Trinajstić information content (AvgIpc) is 3.79. The molecule has 3 heterocycles. The van der Waals surface area contributed by atoms with E-state index in [4.69, 9.17) is 15.0 Å². The topological polar surface area (TPSA) is 48.5 Å². The summed E-state index contributed by atoms with van der Waals surface area (Å²) >= 11 is 0. The number of rotatable bonds is 6. The minimum Gasteiger partial charge on any atom is -0.309 e. The average molecular weight is 730 g/mol. The third kappa shape index (κ3) is 5.51. The summed E-state index contributed by atoms with van der Waals surface area (Å²) in [6.45, 7) is 2.18. The van der Waals surface area contributed by atoms with E-state index >= 15 is 0 Å². The van der Waals surface area contributed by atoms with Gasteiger partial charge in [-0.1, -0.05) is 140 Å². The molecule has 11 rings (SSSR count). The minimum absolute atomic E-state index is 0.631. The van der Waals surface area contributed by atoms with Crippen molar-refractivity contribution >= 4 is 43.6 Å². The van der Waals surface area contributed by atoms with Gasteiger partial charge in [-0.2, -0.15) is 0 Å². The Morgan fingerprint density at radius 3 is 1.37 bits per heavy atom. The van der Waals surface area contributed by atoms with Crippen LogP contribution in [0.4, 0.5) is 0 Å². The first-order valence-corrected chi connectivity index (χ1v) is 19.3. The monoisotopic (exact) mass is 729 g/mol. The van der Waals surface area contributed by atoms with Gasteiger partial charge in [0.1, 0.15) is 0 Å². The Balaban J connectivity index is 1.05. The second kappa shape index (κ2) is 13.3. The van der Waals surface area contributed by atoms with Gasteiger partial charge in [-0.05, 0) is 78.2 Å². The van der Waals surface area contributed by atoms with Gasteiger partial charge in [-0.3, -0.25) is 0 Å². The first-order valence-electron chi connectivity index (χ1n) is 19.3. The summed E-state index contributed by atoms with van der Waals surface area (Å²) in [6.07, 6.45) is 0. The van der Waals surface area contributed by atoms with Crippen LogP contribution in [0.25, 0.3) is 100 Å². The normalized spacial score (nSPS) is 11.6. The Bertz CT molecular complexity index is 3250. The molecule has 0 spiro atoms. The van der Waals surface area contributed by atoms with Crippen LogP contribution in [0.15, 0.2) is 194 Å². The van der Waals surface area contributed by atoms with Crippen molar-refractivity contribution in [2.24, 2.45) is 0 Å². The van der Waals surface area contributed by atoms with Gasteiger partial charge in [0.25, 0.3) is 0 Å². The van der Waals surface area contributed by atoms with Gasteiger partial charge < -0.3 is 9.13 Å². The van der Waals surface area contributed by atoms with Crippen LogP contribution in [0.5, 0.6) is 0 Å². The second-order valence-corrected chi connectivity index (χ2v) is 14.5. The highest BCUT2D eigenvalue weighted by atomic mass is 15.0. The fourth-order valence-electron chi connectivity index (χ4n) is 8.38. The van der Waals surface area contributed by atoms with Gasteiger partial charge in [0.15, 0.2) is 17.5 Å². The number of aryl methyl sites for hydroxylation is 1. The lowest BCUT2D eigenvalue weighted by Gasteiger charge is -2.12. The molecule has 5 nitrogen and oxygen atoms in total. The Morgan fingerprint density at radius 2 is 0.772 bits per heavy atom. The van der Waals surface area contributed by atoms with E-state index in [1.54, 1.807) is 0 Å². The van der Waals surface area contributed by atoms with Crippen molar-refractivity contribution < 1.29 is 0 Å². The van der Waals surface area contributed by atoms with Gasteiger partial charge in [0.05, 0.1) is 22.1 Å². The molecule has 0 unspecified atom stereocenters. The number of fused-ring (bicyclic) bond motifs is 6. The van der Waals surface area contributed by atoms with Gasteiger partial charge in [0, 0.05) is 49.6 Å². The third-order valence-electron chi connectivity index (χ3n) is 11.1. The summed E-state index contributed by atoms with van der Waals surface area (Å²) in [5, 5.41) is 4.90. The van der Waals surface area contributed by atoms with Gasteiger partial charge >= 0.3 is 0 Å². The molecule has 5 heteroatoms. The molecule has 0 saturated carbocycles. The Hall–Kier alpha value is -7.63. The van der Waals surface area contributed by atoms with E-state index < -0.39 is 0 Å². The maximum Gasteiger partial charge on any atom is 0.164 e. The highest BCUT2D eigenvalue weighted by molar-refractivity contribution is 6.12. The Morgan fingerprint density at radius 1 is 0.316 bits per heavy atom. The number of hydrogen-bond acceptors (Lipinski definition) is 3. The summed E-state index contributed by atoms with van der Waals surface area (Å²) in [4.78, 5) is 15.0. The van der Waals surface area contributed by atoms with E-state index in [9.17, 15) is 0 Å². The number of benzene rings is 8. The molecule has 57 heavy (non-hydrogen) atoms. The molecule has 0 atom stereocenters. The summed E-state index contributed by atoms with van der Waals surface area (Å²) in [5.74, 6) is 1.92. The van der Waals surface area contributed by atoms with Crippen LogP contribution in [-0.4, -0.2) is 24.1 Å². The summed E-state index contributed by atoms with van der Waals surface area (Å²) in [7, 11) is 0. The molecule has 0 saturated heterocycles. The molecule has 3 aromatic heterocycles. The van der Waals surface area contributed by atoms with Crippen LogP contribution in [0.1, 0.15) is 5.56 Å². The van der Waals surface area contributed by atoms with E-state index in [1.165, 1.54) is 55.0 Å². The molecule has 0 aliphatic rings. The maximum atomic E-state index is 5.02. The molecule has 8 aromatic carbocycles. The number of nitrogens with zero attached hydrogens (tertiary/aromatic N) is 5. The molecule has 0 bridgehead atoms. The van der Waals surface area contributed by atoms with Crippen molar-refractivity contribution in [3.63, 3.8) is 0 Å². The highest BCUT2D eigenvalue weighted by Gasteiger charge is 2.18. The molecular formula is C52H35N5. The van der Waals surface area contributed by atoms with Crippen molar-refractivity contribution in [1.82, 2.24) is 24.1 Å². The molecule has 268 valence electrons. The smallest absolute Gasteiger partial charge is 0.164 e. The number of aromatic nitrogens is 5. The van der Waals surface area contributed by atoms with E-state index in [0.29, 0.717) is 17.5 Å². The Kier molecular flexibility index (Phi) is 7.64. The van der Waals surface area contributed by atoms with Crippen molar-refractivity contribution in [3.8, 4) is 56.7 Å². The molecular weight excluding hydrogens is 695 g/mol. The maximum absolute atomic E-state index is 5.02. The zero-order chi connectivity index (χ0) is 37.9. The summed E-state index contributed by atoms with van der Waals surface area (Å²) < 4.78 is 4.75. The fourth-order valence-corrected chi connectivity index (χ4v) is 8.38. The summed E-state index contributed by atoms with van der Waals surface area (Å²) in [6, 6.07) is 68.6. The molecule has 0 fully saturated rings.